The molecule has 4 rings (SSSR count). The lowest BCUT2D eigenvalue weighted by atomic mass is 9.90. The average Bonchev–Trinajstić information content (AvgIpc) is 2.70. The molecule has 0 saturated heterocycles. The number of nitrogens with zero attached hydrogens (tertiary/aromatic N) is 1. The molecule has 138 valence electrons. The van der Waals surface area contributed by atoms with Crippen molar-refractivity contribution in [2.45, 2.75) is 30.6 Å². The smallest absolute Gasteiger partial charge is 0.339 e. The van der Waals surface area contributed by atoms with E-state index in [-0.39, 0.29) is 5.97 Å². The second-order valence-electron chi connectivity index (χ2n) is 6.57. The van der Waals surface area contributed by atoms with Crippen LogP contribution in [0.15, 0.2) is 53.4 Å². The predicted octanol–water partition coefficient (Wildman–Crippen LogP) is 5.72. The number of hydrogen-bond donors (Lipinski definition) is 0. The molecule has 0 spiro atoms. The average molecular weight is 398 g/mol. The number of fused-ring (bicyclic) bond motifs is 2. The van der Waals surface area contributed by atoms with Gasteiger partial charge in [0.25, 0.3) is 0 Å². The van der Waals surface area contributed by atoms with E-state index in [1.807, 2.05) is 48.5 Å². The molecule has 5 heteroatoms. The van der Waals surface area contributed by atoms with Crippen LogP contribution in [0.2, 0.25) is 5.02 Å². The van der Waals surface area contributed by atoms with Gasteiger partial charge in [-0.15, -0.1) is 11.8 Å². The number of thioether (sulfide) groups is 1. The molecule has 1 aliphatic rings. The molecule has 0 fully saturated rings. The van der Waals surface area contributed by atoms with Crippen molar-refractivity contribution < 1.29 is 9.53 Å². The first kappa shape index (κ1) is 18.3. The minimum Gasteiger partial charge on any atom is -0.461 e. The number of benzene rings is 2. The van der Waals surface area contributed by atoms with E-state index in [1.165, 1.54) is 0 Å². The van der Waals surface area contributed by atoms with E-state index in [4.69, 9.17) is 21.3 Å². The Balaban J connectivity index is 1.49. The van der Waals surface area contributed by atoms with E-state index in [0.29, 0.717) is 17.9 Å². The summed E-state index contributed by atoms with van der Waals surface area (Å²) >= 11 is 7.55. The highest BCUT2D eigenvalue weighted by molar-refractivity contribution is 7.99. The molecule has 1 aliphatic carbocycles. The Hall–Kier alpha value is -2.04. The van der Waals surface area contributed by atoms with Crippen molar-refractivity contribution in [1.82, 2.24) is 4.98 Å². The van der Waals surface area contributed by atoms with Gasteiger partial charge in [-0.3, -0.25) is 4.98 Å². The summed E-state index contributed by atoms with van der Waals surface area (Å²) in [4.78, 5) is 18.8. The van der Waals surface area contributed by atoms with Gasteiger partial charge in [-0.25, -0.2) is 4.79 Å². The Morgan fingerprint density at radius 3 is 2.70 bits per heavy atom. The summed E-state index contributed by atoms with van der Waals surface area (Å²) < 4.78 is 5.63. The topological polar surface area (TPSA) is 39.2 Å². The van der Waals surface area contributed by atoms with Crippen LogP contribution in [0.5, 0.6) is 0 Å². The number of ether oxygens (including phenoxy) is 1. The molecule has 2 aromatic carbocycles. The maximum atomic E-state index is 12.9. The Kier molecular flexibility index (Phi) is 5.65. The molecule has 1 heterocycles. The van der Waals surface area contributed by atoms with Gasteiger partial charge >= 0.3 is 5.97 Å². The largest absolute Gasteiger partial charge is 0.461 e. The lowest BCUT2D eigenvalue weighted by molar-refractivity contribution is 0.0531. The lowest BCUT2D eigenvalue weighted by Gasteiger charge is -2.20. The van der Waals surface area contributed by atoms with Crippen LogP contribution < -0.4 is 0 Å². The monoisotopic (exact) mass is 397 g/mol. The molecule has 0 radical (unpaired) electrons. The van der Waals surface area contributed by atoms with Crippen molar-refractivity contribution in [3.05, 3.63) is 70.4 Å². The van der Waals surface area contributed by atoms with Gasteiger partial charge in [0.05, 0.1) is 11.1 Å². The normalized spacial score (nSPS) is 13.4. The van der Waals surface area contributed by atoms with Gasteiger partial charge < -0.3 is 4.74 Å². The summed E-state index contributed by atoms with van der Waals surface area (Å²) in [5.41, 5.74) is 3.73. The molecule has 0 bridgehead atoms. The van der Waals surface area contributed by atoms with Crippen molar-refractivity contribution >= 4 is 40.2 Å². The first-order valence-corrected chi connectivity index (χ1v) is 10.5. The summed E-state index contributed by atoms with van der Waals surface area (Å²) in [6.07, 6.45) is 4.06. The van der Waals surface area contributed by atoms with E-state index < -0.39 is 0 Å². The lowest BCUT2D eigenvalue weighted by Crippen LogP contribution is -2.16. The van der Waals surface area contributed by atoms with Crippen molar-refractivity contribution in [2.75, 3.05) is 12.4 Å². The number of esters is 1. The van der Waals surface area contributed by atoms with Crippen molar-refractivity contribution in [2.24, 2.45) is 0 Å². The summed E-state index contributed by atoms with van der Waals surface area (Å²) in [5, 5.41) is 1.62. The number of aromatic nitrogens is 1. The molecule has 0 amide bonds. The van der Waals surface area contributed by atoms with Crippen molar-refractivity contribution in [1.29, 1.82) is 0 Å². The fraction of sp³-hybridized carbons (Fsp3) is 0.273. The Morgan fingerprint density at radius 2 is 1.85 bits per heavy atom. The zero-order valence-corrected chi connectivity index (χ0v) is 16.5. The van der Waals surface area contributed by atoms with Crippen LogP contribution in [0.25, 0.3) is 10.9 Å². The molecule has 0 unspecified atom stereocenters. The van der Waals surface area contributed by atoms with Crippen LogP contribution in [-0.2, 0) is 17.6 Å². The highest BCUT2D eigenvalue weighted by Crippen LogP contribution is 2.30. The van der Waals surface area contributed by atoms with Gasteiger partial charge in [-0.05, 0) is 61.6 Å². The van der Waals surface area contributed by atoms with E-state index in [0.717, 1.165) is 57.8 Å². The highest BCUT2D eigenvalue weighted by Gasteiger charge is 2.23. The number of pyridine rings is 1. The first-order chi connectivity index (χ1) is 13.2. The first-order valence-electron chi connectivity index (χ1n) is 9.18. The van der Waals surface area contributed by atoms with Crippen LogP contribution in [0, 0.1) is 0 Å². The van der Waals surface area contributed by atoms with E-state index in [9.17, 15) is 4.79 Å². The number of carbonyl (C=O) groups is 1. The number of halogens is 1. The quantitative estimate of drug-likeness (QED) is 0.313. The summed E-state index contributed by atoms with van der Waals surface area (Å²) in [7, 11) is 0. The number of hydrogen-bond acceptors (Lipinski definition) is 4. The number of aryl methyl sites for hydroxylation is 1. The third-order valence-corrected chi connectivity index (χ3v) is 6.00. The maximum Gasteiger partial charge on any atom is 0.339 e. The van der Waals surface area contributed by atoms with E-state index in [2.05, 4.69) is 0 Å². The van der Waals surface area contributed by atoms with Crippen LogP contribution in [-0.4, -0.2) is 23.3 Å². The molecule has 0 N–H and O–H groups in total. The third kappa shape index (κ3) is 4.12. The van der Waals surface area contributed by atoms with E-state index >= 15 is 0 Å². The van der Waals surface area contributed by atoms with Crippen LogP contribution in [0.1, 0.15) is 34.5 Å². The van der Waals surface area contributed by atoms with E-state index in [1.54, 1.807) is 11.8 Å². The Bertz CT molecular complexity index is 972. The number of para-hydroxylation sites is 1. The fourth-order valence-electron chi connectivity index (χ4n) is 3.50. The predicted molar refractivity (Wildman–Crippen MR) is 111 cm³/mol. The Morgan fingerprint density at radius 1 is 1.07 bits per heavy atom. The SMILES string of the molecule is O=C(OCCSc1ccc(Cl)cc1)c1c2c(nc3ccccc13)CCCC2. The van der Waals surface area contributed by atoms with Gasteiger partial charge in [-0.2, -0.15) is 0 Å². The Labute approximate surface area is 168 Å². The van der Waals surface area contributed by atoms with Gasteiger partial charge in [-0.1, -0.05) is 29.8 Å². The molecule has 0 saturated carbocycles. The van der Waals surface area contributed by atoms with Gasteiger partial charge in [0.15, 0.2) is 0 Å². The highest BCUT2D eigenvalue weighted by atomic mass is 35.5. The maximum absolute atomic E-state index is 12.9. The second kappa shape index (κ2) is 8.32. The second-order valence-corrected chi connectivity index (χ2v) is 8.18. The van der Waals surface area contributed by atoms with Gasteiger partial charge in [0, 0.05) is 26.8 Å². The van der Waals surface area contributed by atoms with Crippen LogP contribution in [0.3, 0.4) is 0 Å². The van der Waals surface area contributed by atoms with Crippen molar-refractivity contribution in [3.8, 4) is 0 Å². The standard InChI is InChI=1S/C22H20ClNO2S/c23-15-9-11-16(12-10-15)27-14-13-26-22(25)21-17-5-1-3-7-19(17)24-20-8-4-2-6-18(20)21/h1,3,5,7,9-12H,2,4,6,8,13-14H2. The fourth-order valence-corrected chi connectivity index (χ4v) is 4.36. The van der Waals surface area contributed by atoms with Gasteiger partial charge in [0.2, 0.25) is 0 Å². The molecule has 3 aromatic rings. The molecule has 3 nitrogen and oxygen atoms in total. The third-order valence-electron chi connectivity index (χ3n) is 4.77. The molecule has 0 aliphatic heterocycles. The summed E-state index contributed by atoms with van der Waals surface area (Å²) in [5.74, 6) is 0.474. The summed E-state index contributed by atoms with van der Waals surface area (Å²) in [6.45, 7) is 0.373. The zero-order valence-electron chi connectivity index (χ0n) is 14.9. The molecule has 27 heavy (non-hydrogen) atoms. The number of rotatable bonds is 5. The van der Waals surface area contributed by atoms with Crippen LogP contribution in [0.4, 0.5) is 0 Å². The minimum atomic E-state index is -0.233. The summed E-state index contributed by atoms with van der Waals surface area (Å²) in [6, 6.07) is 15.5. The zero-order chi connectivity index (χ0) is 18.6. The molecular weight excluding hydrogens is 378 g/mol. The van der Waals surface area contributed by atoms with Crippen molar-refractivity contribution in [3.63, 3.8) is 0 Å². The minimum absolute atomic E-state index is 0.233. The number of carbonyl (C=O) groups excluding carboxylic acids is 1. The van der Waals surface area contributed by atoms with Crippen LogP contribution >= 0.6 is 23.4 Å². The molecular formula is C22H20ClNO2S. The molecule has 0 atom stereocenters. The molecule has 1 aromatic heterocycles. The van der Waals surface area contributed by atoms with Gasteiger partial charge in [0.1, 0.15) is 6.61 Å².